The summed E-state index contributed by atoms with van der Waals surface area (Å²) in [4.78, 5) is 0. The number of nitrogens with one attached hydrogen (secondary N) is 1. The number of rotatable bonds is 5. The molecule has 2 N–H and O–H groups in total. The minimum absolute atomic E-state index is 0.359. The molecule has 0 radical (unpaired) electrons. The topological polar surface area (TPSA) is 32.3 Å². The van der Waals surface area contributed by atoms with Crippen LogP contribution in [0.1, 0.15) is 25.0 Å². The van der Waals surface area contributed by atoms with Gasteiger partial charge in [-0.2, -0.15) is 0 Å². The molecule has 1 aromatic carbocycles. The number of aliphatic hydroxyl groups is 1. The minimum atomic E-state index is -0.359. The van der Waals surface area contributed by atoms with E-state index in [1.54, 1.807) is 0 Å². The van der Waals surface area contributed by atoms with Gasteiger partial charge in [-0.25, -0.2) is 0 Å². The fourth-order valence-corrected chi connectivity index (χ4v) is 1.53. The molecule has 0 fully saturated rings. The molecule has 1 atom stereocenters. The van der Waals surface area contributed by atoms with Crippen LogP contribution in [0.3, 0.4) is 0 Å². The first kappa shape index (κ1) is 11.7. The van der Waals surface area contributed by atoms with Crippen LogP contribution in [0.2, 0.25) is 0 Å². The van der Waals surface area contributed by atoms with Gasteiger partial charge in [-0.15, -0.1) is 0 Å². The molecule has 2 nitrogen and oxygen atoms in total. The lowest BCUT2D eigenvalue weighted by Gasteiger charge is -2.10. The lowest BCUT2D eigenvalue weighted by Crippen LogP contribution is -2.16. The summed E-state index contributed by atoms with van der Waals surface area (Å²) in [5.74, 6) is 0. The van der Waals surface area contributed by atoms with Crippen molar-refractivity contribution in [2.75, 3.05) is 13.1 Å². The van der Waals surface area contributed by atoms with Gasteiger partial charge in [-0.1, -0.05) is 35.0 Å². The summed E-state index contributed by atoms with van der Waals surface area (Å²) in [5, 5.41) is 13.0. The zero-order valence-electron chi connectivity index (χ0n) is 8.33. The number of halogens is 1. The van der Waals surface area contributed by atoms with Crippen molar-refractivity contribution in [1.29, 1.82) is 0 Å². The van der Waals surface area contributed by atoms with Crippen molar-refractivity contribution in [3.8, 4) is 0 Å². The third-order valence-electron chi connectivity index (χ3n) is 2.10. The van der Waals surface area contributed by atoms with Crippen LogP contribution in [-0.2, 0) is 0 Å². The van der Waals surface area contributed by atoms with E-state index < -0.39 is 0 Å². The SMILES string of the molecule is CCNCCC(O)c1ccc(Br)cc1. The average Bonchev–Trinajstić information content (AvgIpc) is 2.19. The summed E-state index contributed by atoms with van der Waals surface area (Å²) in [6.45, 7) is 3.87. The molecule has 1 aromatic rings. The van der Waals surface area contributed by atoms with Crippen LogP contribution < -0.4 is 5.32 Å². The van der Waals surface area contributed by atoms with E-state index in [2.05, 4.69) is 28.2 Å². The maximum atomic E-state index is 9.78. The van der Waals surface area contributed by atoms with Crippen molar-refractivity contribution in [2.24, 2.45) is 0 Å². The van der Waals surface area contributed by atoms with Crippen LogP contribution in [0.15, 0.2) is 28.7 Å². The van der Waals surface area contributed by atoms with E-state index in [9.17, 15) is 5.11 Å². The number of hydrogen-bond acceptors (Lipinski definition) is 2. The maximum Gasteiger partial charge on any atom is 0.0802 e. The van der Waals surface area contributed by atoms with Crippen molar-refractivity contribution >= 4 is 15.9 Å². The Hall–Kier alpha value is -0.380. The first-order valence-electron chi connectivity index (χ1n) is 4.88. The van der Waals surface area contributed by atoms with Crippen LogP contribution in [0.25, 0.3) is 0 Å². The Morgan fingerprint density at radius 3 is 2.57 bits per heavy atom. The van der Waals surface area contributed by atoms with Gasteiger partial charge in [-0.3, -0.25) is 0 Å². The molecule has 1 rings (SSSR count). The summed E-state index contributed by atoms with van der Waals surface area (Å²) in [6, 6.07) is 7.79. The Morgan fingerprint density at radius 1 is 1.36 bits per heavy atom. The molecular formula is C11H16BrNO. The van der Waals surface area contributed by atoms with Crippen LogP contribution in [0, 0.1) is 0 Å². The predicted octanol–water partition coefficient (Wildman–Crippen LogP) is 2.48. The molecule has 14 heavy (non-hydrogen) atoms. The molecule has 0 spiro atoms. The van der Waals surface area contributed by atoms with Crippen molar-refractivity contribution in [2.45, 2.75) is 19.4 Å². The molecule has 1 unspecified atom stereocenters. The Morgan fingerprint density at radius 2 is 2.00 bits per heavy atom. The fraction of sp³-hybridized carbons (Fsp3) is 0.455. The van der Waals surface area contributed by atoms with Crippen molar-refractivity contribution in [3.05, 3.63) is 34.3 Å². The summed E-state index contributed by atoms with van der Waals surface area (Å²) in [5.41, 5.74) is 0.978. The standard InChI is InChI=1S/C11H16BrNO/c1-2-13-8-7-11(14)9-3-5-10(12)6-4-9/h3-6,11,13-14H,2,7-8H2,1H3. The Bertz CT molecular complexity index is 260. The quantitative estimate of drug-likeness (QED) is 0.795. The number of hydrogen-bond donors (Lipinski definition) is 2. The molecule has 0 aliphatic rings. The lowest BCUT2D eigenvalue weighted by molar-refractivity contribution is 0.167. The highest BCUT2D eigenvalue weighted by atomic mass is 79.9. The van der Waals surface area contributed by atoms with E-state index in [1.807, 2.05) is 24.3 Å². The molecular weight excluding hydrogens is 242 g/mol. The van der Waals surface area contributed by atoms with Crippen LogP contribution >= 0.6 is 15.9 Å². The fourth-order valence-electron chi connectivity index (χ4n) is 1.27. The van der Waals surface area contributed by atoms with Crippen LogP contribution in [-0.4, -0.2) is 18.2 Å². The van der Waals surface area contributed by atoms with Gasteiger partial charge in [0.1, 0.15) is 0 Å². The van der Waals surface area contributed by atoms with E-state index >= 15 is 0 Å². The second kappa shape index (κ2) is 6.17. The second-order valence-electron chi connectivity index (χ2n) is 3.21. The summed E-state index contributed by atoms with van der Waals surface area (Å²) >= 11 is 3.36. The summed E-state index contributed by atoms with van der Waals surface area (Å²) < 4.78 is 1.04. The van der Waals surface area contributed by atoms with Gasteiger partial charge in [0.05, 0.1) is 6.10 Å². The van der Waals surface area contributed by atoms with E-state index in [-0.39, 0.29) is 6.10 Å². The highest BCUT2D eigenvalue weighted by Gasteiger charge is 2.05. The van der Waals surface area contributed by atoms with Gasteiger partial charge in [0.25, 0.3) is 0 Å². The maximum absolute atomic E-state index is 9.78. The second-order valence-corrected chi connectivity index (χ2v) is 4.13. The van der Waals surface area contributed by atoms with Gasteiger partial charge >= 0.3 is 0 Å². The zero-order chi connectivity index (χ0) is 10.4. The van der Waals surface area contributed by atoms with E-state index in [4.69, 9.17) is 0 Å². The smallest absolute Gasteiger partial charge is 0.0802 e. The highest BCUT2D eigenvalue weighted by molar-refractivity contribution is 9.10. The first-order chi connectivity index (χ1) is 6.74. The van der Waals surface area contributed by atoms with Crippen molar-refractivity contribution in [3.63, 3.8) is 0 Å². The molecule has 0 saturated carbocycles. The normalized spacial score (nSPS) is 12.8. The molecule has 0 heterocycles. The van der Waals surface area contributed by atoms with Crippen molar-refractivity contribution in [1.82, 2.24) is 5.32 Å². The molecule has 3 heteroatoms. The molecule has 0 bridgehead atoms. The molecule has 0 saturated heterocycles. The molecule has 0 aromatic heterocycles. The van der Waals surface area contributed by atoms with E-state index in [0.29, 0.717) is 0 Å². The molecule has 0 amide bonds. The molecule has 78 valence electrons. The molecule has 0 aliphatic carbocycles. The molecule has 0 aliphatic heterocycles. The summed E-state index contributed by atoms with van der Waals surface area (Å²) in [6.07, 6.45) is 0.400. The van der Waals surface area contributed by atoms with Gasteiger partial charge in [0.15, 0.2) is 0 Å². The van der Waals surface area contributed by atoms with E-state index in [1.165, 1.54) is 0 Å². The van der Waals surface area contributed by atoms with Gasteiger partial charge in [0, 0.05) is 4.47 Å². The van der Waals surface area contributed by atoms with Gasteiger partial charge < -0.3 is 10.4 Å². The Labute approximate surface area is 93.5 Å². The van der Waals surface area contributed by atoms with Gasteiger partial charge in [0.2, 0.25) is 0 Å². The minimum Gasteiger partial charge on any atom is -0.388 e. The Balaban J connectivity index is 2.43. The number of benzene rings is 1. The predicted molar refractivity (Wildman–Crippen MR) is 62.3 cm³/mol. The largest absolute Gasteiger partial charge is 0.388 e. The lowest BCUT2D eigenvalue weighted by atomic mass is 10.1. The monoisotopic (exact) mass is 257 g/mol. The van der Waals surface area contributed by atoms with Crippen LogP contribution in [0.4, 0.5) is 0 Å². The summed E-state index contributed by atoms with van der Waals surface area (Å²) in [7, 11) is 0. The Kier molecular flexibility index (Phi) is 5.15. The van der Waals surface area contributed by atoms with E-state index in [0.717, 1.165) is 29.5 Å². The van der Waals surface area contributed by atoms with Crippen LogP contribution in [0.5, 0.6) is 0 Å². The van der Waals surface area contributed by atoms with Gasteiger partial charge in [-0.05, 0) is 37.2 Å². The zero-order valence-corrected chi connectivity index (χ0v) is 9.92. The third kappa shape index (κ3) is 3.78. The average molecular weight is 258 g/mol. The highest BCUT2D eigenvalue weighted by Crippen LogP contribution is 2.18. The third-order valence-corrected chi connectivity index (χ3v) is 2.63. The van der Waals surface area contributed by atoms with Crippen molar-refractivity contribution < 1.29 is 5.11 Å². The number of aliphatic hydroxyl groups excluding tert-OH is 1. The first-order valence-corrected chi connectivity index (χ1v) is 5.67.